The first-order chi connectivity index (χ1) is 14.1. The Labute approximate surface area is 176 Å². The molecule has 0 aliphatic carbocycles. The highest BCUT2D eigenvalue weighted by Crippen LogP contribution is 2.30. The van der Waals surface area contributed by atoms with Gasteiger partial charge in [0.1, 0.15) is 6.54 Å². The van der Waals surface area contributed by atoms with Crippen molar-refractivity contribution >= 4 is 17.7 Å². The number of hydrogen-bond acceptors (Lipinski definition) is 4. The van der Waals surface area contributed by atoms with Crippen molar-refractivity contribution in [1.82, 2.24) is 20.1 Å². The van der Waals surface area contributed by atoms with Gasteiger partial charge in [-0.15, -0.1) is 10.2 Å². The van der Waals surface area contributed by atoms with E-state index >= 15 is 0 Å². The molecule has 3 aromatic rings. The van der Waals surface area contributed by atoms with E-state index in [1.165, 1.54) is 6.92 Å². The van der Waals surface area contributed by atoms with Crippen molar-refractivity contribution in [3.63, 3.8) is 0 Å². The maximum absolute atomic E-state index is 12.4. The number of carbonyl (C=O) groups excluding carboxylic acids is 1. The van der Waals surface area contributed by atoms with Crippen LogP contribution in [0.5, 0.6) is 0 Å². The van der Waals surface area contributed by atoms with E-state index in [0.29, 0.717) is 11.0 Å². The fourth-order valence-electron chi connectivity index (χ4n) is 2.79. The number of rotatable bonds is 6. The molecule has 0 aliphatic rings. The van der Waals surface area contributed by atoms with Crippen molar-refractivity contribution < 1.29 is 18.0 Å². The molecule has 0 saturated heterocycles. The van der Waals surface area contributed by atoms with Gasteiger partial charge in [0.25, 0.3) is 0 Å². The zero-order chi connectivity index (χ0) is 21.9. The van der Waals surface area contributed by atoms with E-state index in [0.717, 1.165) is 34.1 Å². The number of nitrogens with one attached hydrogen (secondary N) is 1. The number of carbonyl (C=O) groups is 1. The van der Waals surface area contributed by atoms with Crippen molar-refractivity contribution in [2.45, 2.75) is 37.4 Å². The number of benzene rings is 2. The lowest BCUT2D eigenvalue weighted by Gasteiger charge is -2.15. The Morgan fingerprint density at radius 1 is 1.10 bits per heavy atom. The molecule has 1 atom stereocenters. The predicted molar refractivity (Wildman–Crippen MR) is 111 cm³/mol. The first kappa shape index (κ1) is 21.9. The molecule has 0 saturated carbocycles. The fraction of sp³-hybridized carbons (Fsp3) is 0.286. The third-order valence-electron chi connectivity index (χ3n) is 4.32. The normalized spacial score (nSPS) is 12.6. The number of halogens is 3. The standard InChI is InChI=1S/C21H21F3N4OS/c1-13-7-9-17(10-8-13)28-18(16-6-4-5-14(2)11-16)26-27-20(28)30-15(3)19(29)25-12-21(22,23)24/h4-11,15H,12H2,1-3H3,(H,25,29). The summed E-state index contributed by atoms with van der Waals surface area (Å²) in [6.45, 7) is 4.12. The minimum Gasteiger partial charge on any atom is -0.346 e. The van der Waals surface area contributed by atoms with Gasteiger partial charge in [-0.1, -0.05) is 53.2 Å². The van der Waals surface area contributed by atoms with Crippen LogP contribution >= 0.6 is 11.8 Å². The Morgan fingerprint density at radius 2 is 1.80 bits per heavy atom. The second-order valence-corrected chi connectivity index (χ2v) is 8.25. The largest absolute Gasteiger partial charge is 0.405 e. The van der Waals surface area contributed by atoms with Gasteiger partial charge in [-0.25, -0.2) is 0 Å². The molecule has 0 aliphatic heterocycles. The maximum atomic E-state index is 12.4. The van der Waals surface area contributed by atoms with Gasteiger partial charge in [0, 0.05) is 11.3 Å². The summed E-state index contributed by atoms with van der Waals surface area (Å²) in [5.74, 6) is -0.124. The number of nitrogens with zero attached hydrogens (tertiary/aromatic N) is 3. The fourth-order valence-corrected chi connectivity index (χ4v) is 3.68. The van der Waals surface area contributed by atoms with Crippen LogP contribution in [0.4, 0.5) is 13.2 Å². The highest BCUT2D eigenvalue weighted by atomic mass is 32.2. The number of amides is 1. The molecule has 3 rings (SSSR count). The number of thioether (sulfide) groups is 1. The summed E-state index contributed by atoms with van der Waals surface area (Å²) < 4.78 is 39.0. The molecule has 158 valence electrons. The van der Waals surface area contributed by atoms with E-state index < -0.39 is 23.9 Å². The summed E-state index contributed by atoms with van der Waals surface area (Å²) in [4.78, 5) is 12.1. The van der Waals surface area contributed by atoms with E-state index in [4.69, 9.17) is 0 Å². The van der Waals surface area contributed by atoms with Crippen LogP contribution in [0.3, 0.4) is 0 Å². The SMILES string of the molecule is Cc1ccc(-n2c(SC(C)C(=O)NCC(F)(F)F)nnc2-c2cccc(C)c2)cc1. The van der Waals surface area contributed by atoms with E-state index in [1.807, 2.05) is 72.3 Å². The Kier molecular flexibility index (Phi) is 6.50. The predicted octanol–water partition coefficient (Wildman–Crippen LogP) is 4.71. The van der Waals surface area contributed by atoms with Crippen LogP contribution in [0, 0.1) is 13.8 Å². The van der Waals surface area contributed by atoms with Crippen LogP contribution in [-0.4, -0.2) is 38.6 Å². The Balaban J connectivity index is 1.94. The van der Waals surface area contributed by atoms with Gasteiger partial charge in [0.15, 0.2) is 11.0 Å². The third kappa shape index (κ3) is 5.41. The molecule has 1 heterocycles. The van der Waals surface area contributed by atoms with Crippen LogP contribution in [-0.2, 0) is 4.79 Å². The number of aromatic nitrogens is 3. The van der Waals surface area contributed by atoms with Crippen LogP contribution in [0.1, 0.15) is 18.1 Å². The van der Waals surface area contributed by atoms with Crippen molar-refractivity contribution in [2.24, 2.45) is 0 Å². The zero-order valence-electron chi connectivity index (χ0n) is 16.7. The highest BCUT2D eigenvalue weighted by Gasteiger charge is 2.29. The van der Waals surface area contributed by atoms with Crippen LogP contribution in [0.2, 0.25) is 0 Å². The molecule has 1 amide bonds. The molecule has 5 nitrogen and oxygen atoms in total. The third-order valence-corrected chi connectivity index (χ3v) is 5.36. The Bertz CT molecular complexity index is 1030. The summed E-state index contributed by atoms with van der Waals surface area (Å²) in [7, 11) is 0. The summed E-state index contributed by atoms with van der Waals surface area (Å²) in [5.41, 5.74) is 3.79. The van der Waals surface area contributed by atoms with Gasteiger partial charge in [0.05, 0.1) is 5.25 Å². The lowest BCUT2D eigenvalue weighted by molar-refractivity contribution is -0.137. The minimum atomic E-state index is -4.46. The highest BCUT2D eigenvalue weighted by molar-refractivity contribution is 8.00. The molecule has 9 heteroatoms. The number of alkyl halides is 3. The van der Waals surface area contributed by atoms with E-state index in [-0.39, 0.29) is 0 Å². The second-order valence-electron chi connectivity index (χ2n) is 6.94. The Morgan fingerprint density at radius 3 is 2.43 bits per heavy atom. The van der Waals surface area contributed by atoms with Crippen molar-refractivity contribution in [3.05, 3.63) is 59.7 Å². The van der Waals surface area contributed by atoms with E-state index in [9.17, 15) is 18.0 Å². The van der Waals surface area contributed by atoms with Crippen molar-refractivity contribution in [1.29, 1.82) is 0 Å². The molecular weight excluding hydrogens is 413 g/mol. The summed E-state index contributed by atoms with van der Waals surface area (Å²) >= 11 is 1.06. The number of hydrogen-bond donors (Lipinski definition) is 1. The van der Waals surface area contributed by atoms with Gasteiger partial charge < -0.3 is 5.32 Å². The van der Waals surface area contributed by atoms with E-state index in [2.05, 4.69) is 10.2 Å². The van der Waals surface area contributed by atoms with Crippen LogP contribution in [0.15, 0.2) is 53.7 Å². The molecule has 0 radical (unpaired) electrons. The lowest BCUT2D eigenvalue weighted by atomic mass is 10.1. The number of aryl methyl sites for hydroxylation is 2. The molecule has 1 unspecified atom stereocenters. The average Bonchev–Trinajstić information content (AvgIpc) is 3.09. The molecule has 0 spiro atoms. The molecule has 0 bridgehead atoms. The van der Waals surface area contributed by atoms with Crippen molar-refractivity contribution in [2.75, 3.05) is 6.54 Å². The van der Waals surface area contributed by atoms with Crippen LogP contribution in [0.25, 0.3) is 17.1 Å². The quantitative estimate of drug-likeness (QED) is 0.571. The molecule has 1 aromatic heterocycles. The monoisotopic (exact) mass is 434 g/mol. The first-order valence-corrected chi connectivity index (χ1v) is 10.1. The van der Waals surface area contributed by atoms with Gasteiger partial charge in [-0.05, 0) is 39.0 Å². The van der Waals surface area contributed by atoms with Gasteiger partial charge >= 0.3 is 6.18 Å². The van der Waals surface area contributed by atoms with Gasteiger partial charge in [0.2, 0.25) is 5.91 Å². The second kappa shape index (κ2) is 8.91. The zero-order valence-corrected chi connectivity index (χ0v) is 17.5. The molecule has 0 fully saturated rings. The topological polar surface area (TPSA) is 59.8 Å². The van der Waals surface area contributed by atoms with Gasteiger partial charge in [-0.3, -0.25) is 9.36 Å². The molecule has 30 heavy (non-hydrogen) atoms. The Hall–Kier alpha value is -2.81. The molecule has 2 aromatic carbocycles. The average molecular weight is 434 g/mol. The minimum absolute atomic E-state index is 0.421. The lowest BCUT2D eigenvalue weighted by Crippen LogP contribution is -2.38. The maximum Gasteiger partial charge on any atom is 0.405 e. The smallest absolute Gasteiger partial charge is 0.346 e. The van der Waals surface area contributed by atoms with Crippen LogP contribution < -0.4 is 5.32 Å². The van der Waals surface area contributed by atoms with Crippen molar-refractivity contribution in [3.8, 4) is 17.1 Å². The molecule has 1 N–H and O–H groups in total. The summed E-state index contributed by atoms with van der Waals surface area (Å²) in [6.07, 6.45) is -4.46. The van der Waals surface area contributed by atoms with E-state index in [1.54, 1.807) is 0 Å². The molecular formula is C21H21F3N4OS. The van der Waals surface area contributed by atoms with Gasteiger partial charge in [-0.2, -0.15) is 13.2 Å². The first-order valence-electron chi connectivity index (χ1n) is 9.24. The summed E-state index contributed by atoms with van der Waals surface area (Å²) in [5, 5.41) is 10.1. The summed E-state index contributed by atoms with van der Waals surface area (Å²) in [6, 6.07) is 15.5.